The third-order valence-corrected chi connectivity index (χ3v) is 5.50. The molecular formula is C19H19Cl2N3. The topological polar surface area (TPSA) is 40.7 Å². The molecule has 1 aromatic heterocycles. The van der Waals surface area contributed by atoms with Crippen LogP contribution in [0.25, 0.3) is 11.0 Å². The van der Waals surface area contributed by atoms with E-state index >= 15 is 0 Å². The number of halogens is 2. The Morgan fingerprint density at radius 2 is 1.67 bits per heavy atom. The summed E-state index contributed by atoms with van der Waals surface area (Å²) >= 11 is 12.1. The number of hydrogen-bond acceptors (Lipinski definition) is 2. The third-order valence-electron chi connectivity index (χ3n) is 4.77. The molecule has 0 saturated heterocycles. The van der Waals surface area contributed by atoms with E-state index in [1.165, 1.54) is 37.7 Å². The van der Waals surface area contributed by atoms with Gasteiger partial charge >= 0.3 is 0 Å². The predicted octanol–water partition coefficient (Wildman–Crippen LogP) is 6.66. The summed E-state index contributed by atoms with van der Waals surface area (Å²) in [5.74, 6) is 1.41. The fraction of sp³-hybridized carbons (Fsp3) is 0.316. The van der Waals surface area contributed by atoms with Crippen molar-refractivity contribution in [3.8, 4) is 0 Å². The maximum atomic E-state index is 6.05. The number of H-pyrrole nitrogens is 1. The van der Waals surface area contributed by atoms with Crippen LogP contribution in [-0.4, -0.2) is 9.97 Å². The van der Waals surface area contributed by atoms with Crippen LogP contribution in [0.5, 0.6) is 0 Å². The van der Waals surface area contributed by atoms with E-state index in [0.29, 0.717) is 16.0 Å². The highest BCUT2D eigenvalue weighted by molar-refractivity contribution is 6.42. The molecule has 0 radical (unpaired) electrons. The number of anilines is 2. The number of imidazole rings is 1. The fourth-order valence-corrected chi connectivity index (χ4v) is 3.80. The molecule has 1 aliphatic rings. The van der Waals surface area contributed by atoms with Crippen molar-refractivity contribution in [1.82, 2.24) is 9.97 Å². The smallest absolute Gasteiger partial charge is 0.205 e. The third kappa shape index (κ3) is 3.24. The summed E-state index contributed by atoms with van der Waals surface area (Å²) in [5.41, 5.74) is 4.13. The molecule has 0 spiro atoms. The maximum Gasteiger partial charge on any atom is 0.205 e. The molecule has 3 nitrogen and oxygen atoms in total. The minimum atomic E-state index is 0.513. The quantitative estimate of drug-likeness (QED) is 0.548. The molecule has 0 aliphatic heterocycles. The van der Waals surface area contributed by atoms with Gasteiger partial charge < -0.3 is 10.3 Å². The van der Waals surface area contributed by atoms with Gasteiger partial charge in [-0.1, -0.05) is 54.6 Å². The van der Waals surface area contributed by atoms with Gasteiger partial charge in [-0.05, 0) is 48.6 Å². The van der Waals surface area contributed by atoms with Gasteiger partial charge in [0.1, 0.15) is 0 Å². The van der Waals surface area contributed by atoms with Crippen LogP contribution in [0.2, 0.25) is 10.0 Å². The summed E-state index contributed by atoms with van der Waals surface area (Å²) in [6, 6.07) is 12.3. The molecule has 0 unspecified atom stereocenters. The molecule has 1 aliphatic carbocycles. The van der Waals surface area contributed by atoms with Crippen LogP contribution in [0.1, 0.15) is 43.6 Å². The summed E-state index contributed by atoms with van der Waals surface area (Å²) in [4.78, 5) is 7.74. The molecule has 124 valence electrons. The van der Waals surface area contributed by atoms with Gasteiger partial charge in [0.2, 0.25) is 5.95 Å². The van der Waals surface area contributed by atoms with Crippen LogP contribution in [0.4, 0.5) is 11.6 Å². The minimum Gasteiger partial charge on any atom is -0.326 e. The van der Waals surface area contributed by atoms with E-state index in [1.54, 1.807) is 12.1 Å². The normalized spacial score (nSPS) is 15.8. The van der Waals surface area contributed by atoms with Crippen molar-refractivity contribution >= 4 is 45.9 Å². The van der Waals surface area contributed by atoms with E-state index in [1.807, 2.05) is 0 Å². The second kappa shape index (κ2) is 6.66. The Hall–Kier alpha value is -1.71. The van der Waals surface area contributed by atoms with Crippen LogP contribution >= 0.6 is 23.2 Å². The minimum absolute atomic E-state index is 0.513. The largest absolute Gasteiger partial charge is 0.326 e. The first-order valence-electron chi connectivity index (χ1n) is 8.41. The van der Waals surface area contributed by atoms with E-state index < -0.39 is 0 Å². The molecule has 0 amide bonds. The van der Waals surface area contributed by atoms with Gasteiger partial charge in [-0.3, -0.25) is 0 Å². The molecule has 3 aromatic rings. The molecular weight excluding hydrogens is 341 g/mol. The Bertz CT molecular complexity index is 810. The lowest BCUT2D eigenvalue weighted by Crippen LogP contribution is -2.04. The van der Waals surface area contributed by atoms with Crippen molar-refractivity contribution in [3.05, 3.63) is 52.0 Å². The van der Waals surface area contributed by atoms with Crippen molar-refractivity contribution in [2.75, 3.05) is 5.32 Å². The Balaban J connectivity index is 1.52. The number of rotatable bonds is 3. The van der Waals surface area contributed by atoms with Gasteiger partial charge in [-0.2, -0.15) is 0 Å². The zero-order valence-corrected chi connectivity index (χ0v) is 14.8. The van der Waals surface area contributed by atoms with Gasteiger partial charge in [-0.15, -0.1) is 0 Å². The zero-order chi connectivity index (χ0) is 16.5. The van der Waals surface area contributed by atoms with E-state index in [-0.39, 0.29) is 0 Å². The number of aromatic nitrogens is 2. The van der Waals surface area contributed by atoms with E-state index in [4.69, 9.17) is 23.2 Å². The number of aromatic amines is 1. The van der Waals surface area contributed by atoms with Crippen LogP contribution in [-0.2, 0) is 0 Å². The zero-order valence-electron chi connectivity index (χ0n) is 13.3. The number of fused-ring (bicyclic) bond motifs is 1. The van der Waals surface area contributed by atoms with Crippen molar-refractivity contribution < 1.29 is 0 Å². The van der Waals surface area contributed by atoms with E-state index in [2.05, 4.69) is 39.6 Å². The summed E-state index contributed by atoms with van der Waals surface area (Å²) in [6.45, 7) is 0. The molecule has 2 N–H and O–H groups in total. The highest BCUT2D eigenvalue weighted by Gasteiger charge is 2.15. The lowest BCUT2D eigenvalue weighted by Gasteiger charge is -2.22. The number of nitrogens with zero attached hydrogens (tertiary/aromatic N) is 1. The first kappa shape index (κ1) is 15.8. The summed E-state index contributed by atoms with van der Waals surface area (Å²) in [7, 11) is 0. The van der Waals surface area contributed by atoms with Crippen molar-refractivity contribution in [1.29, 1.82) is 0 Å². The molecule has 0 atom stereocenters. The first-order chi connectivity index (χ1) is 11.7. The second-order valence-electron chi connectivity index (χ2n) is 6.45. The Kier molecular flexibility index (Phi) is 4.38. The number of benzene rings is 2. The average Bonchev–Trinajstić information content (AvgIpc) is 2.98. The lowest BCUT2D eigenvalue weighted by molar-refractivity contribution is 0.443. The predicted molar refractivity (Wildman–Crippen MR) is 102 cm³/mol. The molecule has 4 rings (SSSR count). The summed E-state index contributed by atoms with van der Waals surface area (Å²) in [5, 5.41) is 4.35. The average molecular weight is 360 g/mol. The fourth-order valence-electron chi connectivity index (χ4n) is 3.48. The SMILES string of the molecule is Clc1cc2nc(Nc3ccc(C4CCCCC4)cc3)[nH]c2cc1Cl. The Morgan fingerprint density at radius 3 is 2.42 bits per heavy atom. The van der Waals surface area contributed by atoms with Crippen molar-refractivity contribution in [2.24, 2.45) is 0 Å². The van der Waals surface area contributed by atoms with E-state index in [9.17, 15) is 0 Å². The summed E-state index contributed by atoms with van der Waals surface area (Å²) in [6.07, 6.45) is 6.73. The lowest BCUT2D eigenvalue weighted by atomic mass is 9.84. The van der Waals surface area contributed by atoms with Crippen LogP contribution < -0.4 is 5.32 Å². The highest BCUT2D eigenvalue weighted by Crippen LogP contribution is 2.33. The van der Waals surface area contributed by atoms with Crippen LogP contribution in [0.15, 0.2) is 36.4 Å². The summed E-state index contributed by atoms with van der Waals surface area (Å²) < 4.78 is 0. The van der Waals surface area contributed by atoms with Gasteiger partial charge in [0, 0.05) is 5.69 Å². The monoisotopic (exact) mass is 359 g/mol. The van der Waals surface area contributed by atoms with Crippen LogP contribution in [0.3, 0.4) is 0 Å². The Labute approximate surface area is 151 Å². The van der Waals surface area contributed by atoms with Gasteiger partial charge in [-0.25, -0.2) is 4.98 Å². The molecule has 0 bridgehead atoms. The molecule has 5 heteroatoms. The molecule has 24 heavy (non-hydrogen) atoms. The highest BCUT2D eigenvalue weighted by atomic mass is 35.5. The molecule has 1 fully saturated rings. The Morgan fingerprint density at radius 1 is 0.958 bits per heavy atom. The molecule has 1 heterocycles. The van der Waals surface area contributed by atoms with Gasteiger partial charge in [0.15, 0.2) is 0 Å². The molecule has 1 saturated carbocycles. The van der Waals surface area contributed by atoms with Crippen LogP contribution in [0, 0.1) is 0 Å². The number of nitrogens with one attached hydrogen (secondary N) is 2. The van der Waals surface area contributed by atoms with Crippen molar-refractivity contribution in [3.63, 3.8) is 0 Å². The second-order valence-corrected chi connectivity index (χ2v) is 7.27. The molecule has 2 aromatic carbocycles. The van der Waals surface area contributed by atoms with Gasteiger partial charge in [0.25, 0.3) is 0 Å². The number of hydrogen-bond donors (Lipinski definition) is 2. The van der Waals surface area contributed by atoms with Crippen molar-refractivity contribution in [2.45, 2.75) is 38.0 Å². The van der Waals surface area contributed by atoms with E-state index in [0.717, 1.165) is 22.6 Å². The van der Waals surface area contributed by atoms with Gasteiger partial charge in [0.05, 0.1) is 21.1 Å². The first-order valence-corrected chi connectivity index (χ1v) is 9.16. The standard InChI is InChI=1S/C19H19Cl2N3/c20-15-10-17-18(11-16(15)21)24-19(23-17)22-14-8-6-13(7-9-14)12-4-2-1-3-5-12/h6-12H,1-5H2,(H2,22,23,24). The maximum absolute atomic E-state index is 6.05.